The van der Waals surface area contributed by atoms with Gasteiger partial charge in [-0.15, -0.1) is 4.33 Å². The summed E-state index contributed by atoms with van der Waals surface area (Å²) in [5.74, 6) is 0. The Labute approximate surface area is 162 Å². The van der Waals surface area contributed by atoms with E-state index in [2.05, 4.69) is 9.37 Å². The molecule has 9 heteroatoms. The molecule has 6 nitrogen and oxygen atoms in total. The van der Waals surface area contributed by atoms with Crippen molar-refractivity contribution in [3.63, 3.8) is 0 Å². The SMILES string of the molecule is O=S(=O)(O)c1ccc(P(c2ccccc2)c2ccc(SOOO)cc2)cc1. The summed E-state index contributed by atoms with van der Waals surface area (Å²) >= 11 is 0.878. The van der Waals surface area contributed by atoms with Gasteiger partial charge in [0.15, 0.2) is 0 Å². The molecule has 3 aromatic carbocycles. The summed E-state index contributed by atoms with van der Waals surface area (Å²) < 4.78 is 36.2. The minimum atomic E-state index is -4.23. The van der Waals surface area contributed by atoms with Gasteiger partial charge in [-0.2, -0.15) is 8.42 Å². The third kappa shape index (κ3) is 5.15. The molecule has 0 saturated heterocycles. The minimum Gasteiger partial charge on any atom is -0.282 e. The Balaban J connectivity index is 2.00. The van der Waals surface area contributed by atoms with Crippen LogP contribution in [0.4, 0.5) is 0 Å². The first-order chi connectivity index (χ1) is 13.0. The lowest BCUT2D eigenvalue weighted by Crippen LogP contribution is -2.20. The third-order valence-electron chi connectivity index (χ3n) is 3.66. The van der Waals surface area contributed by atoms with Crippen LogP contribution in [0.5, 0.6) is 0 Å². The highest BCUT2D eigenvalue weighted by atomic mass is 32.2. The first-order valence-corrected chi connectivity index (χ1v) is 11.2. The molecule has 0 radical (unpaired) electrons. The molecular formula is C18H15O6PS2. The van der Waals surface area contributed by atoms with Crippen molar-refractivity contribution < 1.29 is 27.6 Å². The largest absolute Gasteiger partial charge is 0.294 e. The van der Waals surface area contributed by atoms with Crippen molar-refractivity contribution in [1.82, 2.24) is 0 Å². The molecule has 27 heavy (non-hydrogen) atoms. The highest BCUT2D eigenvalue weighted by Crippen LogP contribution is 2.33. The quantitative estimate of drug-likeness (QED) is 0.199. The second kappa shape index (κ2) is 8.95. The van der Waals surface area contributed by atoms with Gasteiger partial charge in [-0.1, -0.05) is 59.6 Å². The topological polar surface area (TPSA) is 93.1 Å². The molecule has 0 aromatic heterocycles. The van der Waals surface area contributed by atoms with Crippen LogP contribution in [0, 0.1) is 0 Å². The molecule has 1 unspecified atom stereocenters. The molecule has 3 aromatic rings. The predicted molar refractivity (Wildman–Crippen MR) is 106 cm³/mol. The molecule has 0 heterocycles. The zero-order valence-corrected chi connectivity index (χ0v) is 16.3. The maximum atomic E-state index is 11.3. The molecule has 0 bridgehead atoms. The van der Waals surface area contributed by atoms with E-state index in [9.17, 15) is 13.0 Å². The van der Waals surface area contributed by atoms with Crippen molar-refractivity contribution in [3.8, 4) is 0 Å². The second-order valence-corrected chi connectivity index (χ2v) is 9.78. The Morgan fingerprint density at radius 1 is 0.778 bits per heavy atom. The van der Waals surface area contributed by atoms with Crippen LogP contribution in [0.1, 0.15) is 0 Å². The zero-order valence-electron chi connectivity index (χ0n) is 13.8. The molecule has 3 rings (SSSR count). The van der Waals surface area contributed by atoms with Gasteiger partial charge in [0, 0.05) is 4.90 Å². The number of hydrogen-bond donors (Lipinski definition) is 2. The van der Waals surface area contributed by atoms with Gasteiger partial charge in [0.1, 0.15) is 0 Å². The first kappa shape index (κ1) is 20.0. The van der Waals surface area contributed by atoms with E-state index in [0.717, 1.165) is 32.9 Å². The van der Waals surface area contributed by atoms with Gasteiger partial charge in [-0.25, -0.2) is 5.26 Å². The lowest BCUT2D eigenvalue weighted by molar-refractivity contribution is -0.432. The first-order valence-electron chi connectivity index (χ1n) is 7.66. The van der Waals surface area contributed by atoms with Crippen LogP contribution in [0.25, 0.3) is 0 Å². The fourth-order valence-corrected chi connectivity index (χ4v) is 5.59. The zero-order chi connectivity index (χ0) is 19.3. The summed E-state index contributed by atoms with van der Waals surface area (Å²) in [5.41, 5.74) is 0. The highest BCUT2D eigenvalue weighted by Gasteiger charge is 2.18. The fourth-order valence-electron chi connectivity index (χ4n) is 2.50. The molecule has 2 N–H and O–H groups in total. The molecule has 0 aliphatic carbocycles. The maximum absolute atomic E-state index is 11.3. The van der Waals surface area contributed by atoms with Crippen molar-refractivity contribution in [2.75, 3.05) is 0 Å². The normalized spacial score (nSPS) is 12.7. The van der Waals surface area contributed by atoms with Crippen molar-refractivity contribution in [3.05, 3.63) is 78.9 Å². The van der Waals surface area contributed by atoms with Gasteiger partial charge in [0.05, 0.1) is 16.9 Å². The summed E-state index contributed by atoms with van der Waals surface area (Å²) in [6, 6.07) is 23.7. The molecule has 0 fully saturated rings. The summed E-state index contributed by atoms with van der Waals surface area (Å²) in [6.07, 6.45) is 0. The maximum Gasteiger partial charge on any atom is 0.294 e. The lowest BCUT2D eigenvalue weighted by atomic mass is 10.3. The van der Waals surface area contributed by atoms with E-state index in [1.165, 1.54) is 12.1 Å². The third-order valence-corrected chi connectivity index (χ3v) is 7.57. The van der Waals surface area contributed by atoms with Crippen LogP contribution in [0.15, 0.2) is 88.7 Å². The van der Waals surface area contributed by atoms with E-state index < -0.39 is 18.0 Å². The van der Waals surface area contributed by atoms with Crippen LogP contribution in [-0.4, -0.2) is 18.2 Å². The monoisotopic (exact) mass is 422 g/mol. The summed E-state index contributed by atoms with van der Waals surface area (Å²) in [7, 11) is -5.16. The Bertz CT molecular complexity index is 977. The Morgan fingerprint density at radius 2 is 1.30 bits per heavy atom. The molecule has 0 aliphatic rings. The second-order valence-electron chi connectivity index (χ2n) is 5.36. The number of rotatable bonds is 7. The van der Waals surface area contributed by atoms with E-state index in [4.69, 9.17) is 5.26 Å². The van der Waals surface area contributed by atoms with Crippen molar-refractivity contribution in [1.29, 1.82) is 0 Å². The molecule has 1 atom stereocenters. The van der Waals surface area contributed by atoms with E-state index >= 15 is 0 Å². The van der Waals surface area contributed by atoms with Gasteiger partial charge in [0.2, 0.25) is 0 Å². The highest BCUT2D eigenvalue weighted by molar-refractivity contribution is 7.94. The Morgan fingerprint density at radius 3 is 1.81 bits per heavy atom. The van der Waals surface area contributed by atoms with Gasteiger partial charge in [-0.05, 0) is 48.1 Å². The van der Waals surface area contributed by atoms with Crippen molar-refractivity contribution >= 4 is 46.0 Å². The van der Waals surface area contributed by atoms with E-state index in [1.54, 1.807) is 12.1 Å². The summed E-state index contributed by atoms with van der Waals surface area (Å²) in [4.78, 5) is 0.611. The minimum absolute atomic E-state index is 0.137. The Kier molecular flexibility index (Phi) is 6.62. The summed E-state index contributed by atoms with van der Waals surface area (Å²) in [6.45, 7) is 0. The fraction of sp³-hybridized carbons (Fsp3) is 0. The standard InChI is InChI=1S/C18H15O6PS2/c19-23-24-26-17-10-6-15(7-11-17)25(14-4-2-1-3-5-14)16-8-12-18(13-9-16)27(20,21)22/h1-13,19H,(H,20,21,22). The van der Waals surface area contributed by atoms with Gasteiger partial charge >= 0.3 is 0 Å². The van der Waals surface area contributed by atoms with E-state index in [-0.39, 0.29) is 4.90 Å². The molecule has 0 saturated carbocycles. The summed E-state index contributed by atoms with van der Waals surface area (Å²) in [5, 5.41) is 14.9. The smallest absolute Gasteiger partial charge is 0.282 e. The van der Waals surface area contributed by atoms with Crippen LogP contribution >= 0.6 is 20.0 Å². The van der Waals surface area contributed by atoms with Crippen LogP contribution in [-0.2, 0) is 19.5 Å². The average Bonchev–Trinajstić information content (AvgIpc) is 2.68. The van der Waals surface area contributed by atoms with Gasteiger partial charge in [0.25, 0.3) is 10.1 Å². The number of hydrogen-bond acceptors (Lipinski definition) is 6. The van der Waals surface area contributed by atoms with Crippen LogP contribution < -0.4 is 15.9 Å². The average molecular weight is 422 g/mol. The molecule has 140 valence electrons. The molecule has 0 amide bonds. The van der Waals surface area contributed by atoms with Gasteiger partial charge < -0.3 is 0 Å². The predicted octanol–water partition coefficient (Wildman–Crippen LogP) is 3.12. The Hall–Kier alpha value is -1.77. The van der Waals surface area contributed by atoms with Crippen LogP contribution in [0.2, 0.25) is 0 Å². The van der Waals surface area contributed by atoms with Gasteiger partial charge in [-0.3, -0.25) is 4.55 Å². The van der Waals surface area contributed by atoms with E-state index in [1.807, 2.05) is 54.6 Å². The molecular weight excluding hydrogens is 407 g/mol. The van der Waals surface area contributed by atoms with Crippen LogP contribution in [0.3, 0.4) is 0 Å². The van der Waals surface area contributed by atoms with E-state index in [0.29, 0.717) is 0 Å². The van der Waals surface area contributed by atoms with Crippen molar-refractivity contribution in [2.45, 2.75) is 9.79 Å². The lowest BCUT2D eigenvalue weighted by Gasteiger charge is -2.19. The molecule has 0 aliphatic heterocycles. The molecule has 0 spiro atoms. The van der Waals surface area contributed by atoms with Crippen molar-refractivity contribution in [2.24, 2.45) is 0 Å². The number of benzene rings is 3.